The van der Waals surface area contributed by atoms with Crippen molar-refractivity contribution in [1.29, 1.82) is 0 Å². The molecule has 0 saturated carbocycles. The maximum absolute atomic E-state index is 14.3. The molecule has 220 valence electrons. The van der Waals surface area contributed by atoms with Gasteiger partial charge in [-0.3, -0.25) is 24.1 Å². The number of hydrogen-bond donors (Lipinski definition) is 1. The van der Waals surface area contributed by atoms with Crippen LogP contribution in [0.15, 0.2) is 91.0 Å². The van der Waals surface area contributed by atoms with E-state index in [1.165, 1.54) is 4.90 Å². The second-order valence-electron chi connectivity index (χ2n) is 10.3. The van der Waals surface area contributed by atoms with Gasteiger partial charge in [0.05, 0.1) is 11.3 Å². The van der Waals surface area contributed by atoms with Crippen molar-refractivity contribution in [2.45, 2.75) is 12.6 Å². The van der Waals surface area contributed by atoms with Gasteiger partial charge in [0, 0.05) is 18.3 Å². The fourth-order valence-electron chi connectivity index (χ4n) is 5.48. The Morgan fingerprint density at radius 2 is 1.43 bits per heavy atom. The second kappa shape index (κ2) is 11.1. The van der Waals surface area contributed by atoms with Crippen molar-refractivity contribution in [1.82, 2.24) is 4.90 Å². The van der Waals surface area contributed by atoms with E-state index in [0.717, 1.165) is 10.5 Å². The van der Waals surface area contributed by atoms with Crippen LogP contribution in [0, 0.1) is 0 Å². The summed E-state index contributed by atoms with van der Waals surface area (Å²) in [4.78, 5) is 56.7. The predicted octanol–water partition coefficient (Wildman–Crippen LogP) is 4.08. The molecule has 0 saturated heterocycles. The lowest BCUT2D eigenvalue weighted by molar-refractivity contribution is -0.139. The van der Waals surface area contributed by atoms with Crippen molar-refractivity contribution in [3.63, 3.8) is 0 Å². The van der Waals surface area contributed by atoms with Crippen molar-refractivity contribution < 1.29 is 38.1 Å². The quantitative estimate of drug-likeness (QED) is 0.304. The van der Waals surface area contributed by atoms with E-state index in [4.69, 9.17) is 18.9 Å². The number of para-hydroxylation sites is 1. The number of nitrogens with zero attached hydrogens (tertiary/aromatic N) is 2. The van der Waals surface area contributed by atoms with Crippen molar-refractivity contribution in [3.8, 4) is 23.0 Å². The van der Waals surface area contributed by atoms with Gasteiger partial charge in [-0.05, 0) is 47.5 Å². The summed E-state index contributed by atoms with van der Waals surface area (Å²) in [5.41, 5.74) is 2.23. The van der Waals surface area contributed by atoms with Crippen LogP contribution < -0.4 is 29.2 Å². The smallest absolute Gasteiger partial charge is 0.299 e. The van der Waals surface area contributed by atoms with Crippen molar-refractivity contribution in [2.24, 2.45) is 0 Å². The van der Waals surface area contributed by atoms with Crippen LogP contribution in [-0.4, -0.2) is 48.5 Å². The van der Waals surface area contributed by atoms with Gasteiger partial charge in [-0.15, -0.1) is 0 Å². The molecular formula is C33H25N3O8. The van der Waals surface area contributed by atoms with Crippen LogP contribution in [0.25, 0.3) is 0 Å². The first kappa shape index (κ1) is 27.0. The second-order valence-corrected chi connectivity index (χ2v) is 10.3. The lowest BCUT2D eigenvalue weighted by atomic mass is 10.0. The highest BCUT2D eigenvalue weighted by Crippen LogP contribution is 2.38. The molecule has 3 aliphatic heterocycles. The van der Waals surface area contributed by atoms with E-state index in [9.17, 15) is 19.2 Å². The summed E-state index contributed by atoms with van der Waals surface area (Å²) in [6.45, 7) is -0.311. The molecule has 11 nitrogen and oxygen atoms in total. The fraction of sp³-hybridized carbons (Fsp3) is 0.152. The maximum atomic E-state index is 14.3. The fourth-order valence-corrected chi connectivity index (χ4v) is 5.48. The van der Waals surface area contributed by atoms with E-state index in [0.29, 0.717) is 39.9 Å². The number of nitrogens with one attached hydrogen (secondary N) is 1. The summed E-state index contributed by atoms with van der Waals surface area (Å²) in [6, 6.07) is 24.6. The number of anilines is 2. The Bertz CT molecular complexity index is 1810. The van der Waals surface area contributed by atoms with Gasteiger partial charge < -0.3 is 29.2 Å². The van der Waals surface area contributed by atoms with Gasteiger partial charge in [0.1, 0.15) is 12.6 Å². The Kier molecular flexibility index (Phi) is 6.82. The number of fused-ring (bicyclic) bond motifs is 3. The summed E-state index contributed by atoms with van der Waals surface area (Å²) in [7, 11) is 0. The average molecular weight is 592 g/mol. The highest BCUT2D eigenvalue weighted by Gasteiger charge is 2.40. The minimum absolute atomic E-state index is 0.0318. The van der Waals surface area contributed by atoms with Crippen molar-refractivity contribution in [2.75, 3.05) is 30.3 Å². The average Bonchev–Trinajstić information content (AvgIpc) is 3.77. The molecule has 1 atom stereocenters. The molecule has 0 aliphatic carbocycles. The maximum Gasteiger partial charge on any atom is 0.299 e. The van der Waals surface area contributed by atoms with Gasteiger partial charge in [-0.25, -0.2) is 0 Å². The Hall–Kier alpha value is -5.84. The van der Waals surface area contributed by atoms with Crippen LogP contribution in [-0.2, 0) is 20.9 Å². The summed E-state index contributed by atoms with van der Waals surface area (Å²) in [5, 5.41) is 2.91. The van der Waals surface area contributed by atoms with E-state index >= 15 is 0 Å². The normalized spacial score (nSPS) is 14.8. The molecule has 4 aromatic rings. The van der Waals surface area contributed by atoms with Gasteiger partial charge in [0.25, 0.3) is 17.6 Å². The van der Waals surface area contributed by atoms with Gasteiger partial charge in [0.2, 0.25) is 19.5 Å². The Labute approximate surface area is 251 Å². The lowest BCUT2D eigenvalue weighted by Crippen LogP contribution is -2.46. The largest absolute Gasteiger partial charge is 0.454 e. The minimum Gasteiger partial charge on any atom is -0.454 e. The number of carbonyl (C=O) groups excluding carboxylic acids is 4. The lowest BCUT2D eigenvalue weighted by Gasteiger charge is -2.33. The zero-order chi connectivity index (χ0) is 30.2. The monoisotopic (exact) mass is 591 g/mol. The Morgan fingerprint density at radius 3 is 2.20 bits per heavy atom. The first-order valence-corrected chi connectivity index (χ1v) is 13.8. The molecule has 1 N–H and O–H groups in total. The first-order chi connectivity index (χ1) is 21.5. The zero-order valence-corrected chi connectivity index (χ0v) is 23.2. The topological polar surface area (TPSA) is 124 Å². The predicted molar refractivity (Wildman–Crippen MR) is 157 cm³/mol. The molecule has 0 spiro atoms. The molecule has 7 rings (SSSR count). The van der Waals surface area contributed by atoms with Crippen LogP contribution in [0.3, 0.4) is 0 Å². The number of ether oxygens (including phenoxy) is 4. The van der Waals surface area contributed by atoms with E-state index < -0.39 is 36.1 Å². The molecule has 1 unspecified atom stereocenters. The van der Waals surface area contributed by atoms with Crippen molar-refractivity contribution in [3.05, 3.63) is 108 Å². The SMILES string of the molecule is O=C1C(=O)N(CC(=O)N(Cc2ccccc2)C(C(=O)Nc2ccc3c(c2)OCO3)c2ccc3c(c2)OCO3)c2ccccc21. The summed E-state index contributed by atoms with van der Waals surface area (Å²) >= 11 is 0. The molecule has 0 aromatic heterocycles. The Balaban J connectivity index is 1.28. The number of rotatable bonds is 8. The third-order valence-electron chi connectivity index (χ3n) is 7.60. The number of Topliss-reactive ketones (excluding diaryl/α,β-unsaturated/α-hetero) is 1. The number of hydrogen-bond acceptors (Lipinski definition) is 8. The molecule has 0 bridgehead atoms. The van der Waals surface area contributed by atoms with Crippen molar-refractivity contribution >= 4 is 34.9 Å². The summed E-state index contributed by atoms with van der Waals surface area (Å²) in [6.07, 6.45) is 0. The number of carbonyl (C=O) groups is 4. The van der Waals surface area contributed by atoms with Crippen LogP contribution in [0.5, 0.6) is 23.0 Å². The third-order valence-corrected chi connectivity index (χ3v) is 7.60. The molecule has 3 aliphatic rings. The third kappa shape index (κ3) is 4.94. The molecule has 4 aromatic carbocycles. The standard InChI is InChI=1S/C33H25N3O8/c37-29(17-35-24-9-5-4-8-23(24)31(38)33(35)40)36(16-20-6-2-1-3-7-20)30(21-10-12-25-27(14-21)43-18-41-25)32(39)34-22-11-13-26-28(15-22)44-19-42-26/h1-15,30H,16-19H2,(H,34,39). The molecule has 0 fully saturated rings. The van der Waals surface area contributed by atoms with Gasteiger partial charge in [-0.1, -0.05) is 48.5 Å². The molecule has 44 heavy (non-hydrogen) atoms. The molecule has 3 amide bonds. The molecule has 0 radical (unpaired) electrons. The van der Waals surface area contributed by atoms with Crippen LogP contribution in [0.1, 0.15) is 27.5 Å². The number of benzene rings is 4. The number of ketones is 1. The van der Waals surface area contributed by atoms with Crippen LogP contribution in [0.2, 0.25) is 0 Å². The van der Waals surface area contributed by atoms with E-state index in [-0.39, 0.29) is 25.7 Å². The molecule has 3 heterocycles. The minimum atomic E-state index is -1.17. The Morgan fingerprint density at radius 1 is 0.773 bits per heavy atom. The number of amides is 3. The van der Waals surface area contributed by atoms with Crippen LogP contribution in [0.4, 0.5) is 11.4 Å². The van der Waals surface area contributed by atoms with Crippen LogP contribution >= 0.6 is 0 Å². The van der Waals surface area contributed by atoms with Gasteiger partial charge in [0.15, 0.2) is 23.0 Å². The van der Waals surface area contributed by atoms with Gasteiger partial charge >= 0.3 is 0 Å². The summed E-state index contributed by atoms with van der Waals surface area (Å²) < 4.78 is 21.9. The molecule has 11 heteroatoms. The van der Waals surface area contributed by atoms with E-state index in [2.05, 4.69) is 5.32 Å². The zero-order valence-electron chi connectivity index (χ0n) is 23.2. The highest BCUT2D eigenvalue weighted by atomic mass is 16.7. The van der Waals surface area contributed by atoms with E-state index in [1.807, 2.05) is 30.3 Å². The van der Waals surface area contributed by atoms with E-state index in [1.54, 1.807) is 60.7 Å². The first-order valence-electron chi connectivity index (χ1n) is 13.8. The highest BCUT2D eigenvalue weighted by molar-refractivity contribution is 6.52. The molecular weight excluding hydrogens is 566 g/mol. The summed E-state index contributed by atoms with van der Waals surface area (Å²) in [5.74, 6) is -0.560. The van der Waals surface area contributed by atoms with Gasteiger partial charge in [-0.2, -0.15) is 0 Å².